The lowest BCUT2D eigenvalue weighted by Crippen LogP contribution is -2.03. The molecule has 1 N–H and O–H groups in total. The van der Waals surface area contributed by atoms with Crippen molar-refractivity contribution in [3.8, 4) is 0 Å². The van der Waals surface area contributed by atoms with Crippen molar-refractivity contribution in [2.24, 2.45) is 0 Å². The summed E-state index contributed by atoms with van der Waals surface area (Å²) in [4.78, 5) is 8.51. The van der Waals surface area contributed by atoms with Crippen LogP contribution in [0.25, 0.3) is 0 Å². The van der Waals surface area contributed by atoms with E-state index < -0.39 is 5.82 Å². The number of fused-ring (bicyclic) bond motifs is 1. The van der Waals surface area contributed by atoms with E-state index in [1.165, 1.54) is 18.2 Å². The van der Waals surface area contributed by atoms with Gasteiger partial charge in [-0.05, 0) is 37.5 Å². The Morgan fingerprint density at radius 1 is 1.16 bits per heavy atom. The SMILES string of the molecule is Fc1ccc(Cl)cc1Nc1nc(Cl)c2c(n1)CCC2. The summed E-state index contributed by atoms with van der Waals surface area (Å²) >= 11 is 11.9. The Morgan fingerprint density at radius 2 is 2.00 bits per heavy atom. The van der Waals surface area contributed by atoms with Crippen LogP contribution in [0.3, 0.4) is 0 Å². The smallest absolute Gasteiger partial charge is 0.228 e. The van der Waals surface area contributed by atoms with Gasteiger partial charge in [0.05, 0.1) is 11.4 Å². The number of nitrogens with one attached hydrogen (secondary N) is 1. The van der Waals surface area contributed by atoms with Crippen LogP contribution in [0.1, 0.15) is 17.7 Å². The van der Waals surface area contributed by atoms with Gasteiger partial charge in [-0.3, -0.25) is 0 Å². The number of rotatable bonds is 2. The van der Waals surface area contributed by atoms with Gasteiger partial charge in [-0.2, -0.15) is 0 Å². The third-order valence-corrected chi connectivity index (χ3v) is 3.61. The lowest BCUT2D eigenvalue weighted by molar-refractivity contribution is 0.631. The second-order valence-corrected chi connectivity index (χ2v) is 5.16. The molecule has 6 heteroatoms. The molecule has 0 aliphatic heterocycles. The highest BCUT2D eigenvalue weighted by Gasteiger charge is 2.18. The Balaban J connectivity index is 1.95. The fraction of sp³-hybridized carbons (Fsp3) is 0.231. The first-order valence-corrected chi connectivity index (χ1v) is 6.66. The number of hydrogen-bond donors (Lipinski definition) is 1. The van der Waals surface area contributed by atoms with Crippen LogP contribution in [0.15, 0.2) is 18.2 Å². The van der Waals surface area contributed by atoms with Crippen LogP contribution >= 0.6 is 23.2 Å². The lowest BCUT2D eigenvalue weighted by atomic mass is 10.3. The third-order valence-electron chi connectivity index (χ3n) is 3.06. The number of benzene rings is 1. The van der Waals surface area contributed by atoms with Crippen molar-refractivity contribution in [1.29, 1.82) is 0 Å². The molecule has 3 rings (SSSR count). The quantitative estimate of drug-likeness (QED) is 0.846. The molecular formula is C13H10Cl2FN3. The predicted octanol–water partition coefficient (Wildman–Crippen LogP) is 4.15. The van der Waals surface area contributed by atoms with Crippen molar-refractivity contribution in [3.63, 3.8) is 0 Å². The minimum atomic E-state index is -0.412. The van der Waals surface area contributed by atoms with Gasteiger partial charge in [0.2, 0.25) is 5.95 Å². The van der Waals surface area contributed by atoms with E-state index in [0.29, 0.717) is 16.1 Å². The van der Waals surface area contributed by atoms with Gasteiger partial charge in [-0.25, -0.2) is 14.4 Å². The molecule has 98 valence electrons. The van der Waals surface area contributed by atoms with Gasteiger partial charge in [0, 0.05) is 10.6 Å². The summed E-state index contributed by atoms with van der Waals surface area (Å²) in [6.07, 6.45) is 2.81. The molecule has 1 aromatic carbocycles. The molecule has 0 saturated heterocycles. The van der Waals surface area contributed by atoms with Crippen molar-refractivity contribution in [1.82, 2.24) is 9.97 Å². The van der Waals surface area contributed by atoms with Crippen molar-refractivity contribution in [2.45, 2.75) is 19.3 Å². The van der Waals surface area contributed by atoms with E-state index in [1.807, 2.05) is 0 Å². The minimum Gasteiger partial charge on any atom is -0.322 e. The molecule has 1 aliphatic carbocycles. The Morgan fingerprint density at radius 3 is 2.84 bits per heavy atom. The molecule has 1 aromatic heterocycles. The number of nitrogens with zero attached hydrogens (tertiary/aromatic N) is 2. The molecule has 3 nitrogen and oxygen atoms in total. The van der Waals surface area contributed by atoms with Crippen molar-refractivity contribution < 1.29 is 4.39 Å². The number of aromatic nitrogens is 2. The first-order chi connectivity index (χ1) is 9.13. The van der Waals surface area contributed by atoms with Gasteiger partial charge < -0.3 is 5.32 Å². The Hall–Kier alpha value is -1.39. The number of halogens is 3. The van der Waals surface area contributed by atoms with Gasteiger partial charge in [0.25, 0.3) is 0 Å². The van der Waals surface area contributed by atoms with Crippen LogP contribution in [0.4, 0.5) is 16.0 Å². The first-order valence-electron chi connectivity index (χ1n) is 5.91. The molecule has 1 aliphatic rings. The number of anilines is 2. The van der Waals surface area contributed by atoms with Gasteiger partial charge in [0.1, 0.15) is 11.0 Å². The highest BCUT2D eigenvalue weighted by molar-refractivity contribution is 6.31. The second-order valence-electron chi connectivity index (χ2n) is 4.37. The fourth-order valence-corrected chi connectivity index (χ4v) is 2.61. The van der Waals surface area contributed by atoms with Gasteiger partial charge in [-0.1, -0.05) is 23.2 Å². The molecule has 2 aromatic rings. The number of aryl methyl sites for hydroxylation is 1. The van der Waals surface area contributed by atoms with Crippen LogP contribution in [0.5, 0.6) is 0 Å². The zero-order valence-electron chi connectivity index (χ0n) is 9.88. The van der Waals surface area contributed by atoms with Gasteiger partial charge in [-0.15, -0.1) is 0 Å². The van der Waals surface area contributed by atoms with E-state index >= 15 is 0 Å². The zero-order chi connectivity index (χ0) is 13.4. The maximum Gasteiger partial charge on any atom is 0.228 e. The maximum absolute atomic E-state index is 13.6. The van der Waals surface area contributed by atoms with Gasteiger partial charge >= 0.3 is 0 Å². The summed E-state index contributed by atoms with van der Waals surface area (Å²) in [5, 5.41) is 3.70. The lowest BCUT2D eigenvalue weighted by Gasteiger charge is -2.09. The molecule has 0 saturated carbocycles. The maximum atomic E-state index is 13.6. The van der Waals surface area contributed by atoms with E-state index in [2.05, 4.69) is 15.3 Å². The molecule has 0 radical (unpaired) electrons. The summed E-state index contributed by atoms with van der Waals surface area (Å²) in [5.74, 6) is -0.114. The summed E-state index contributed by atoms with van der Waals surface area (Å²) in [6, 6.07) is 4.26. The largest absolute Gasteiger partial charge is 0.322 e. The number of hydrogen-bond acceptors (Lipinski definition) is 3. The molecular weight excluding hydrogens is 288 g/mol. The molecule has 0 spiro atoms. The van der Waals surface area contributed by atoms with Crippen LogP contribution in [-0.4, -0.2) is 9.97 Å². The van der Waals surface area contributed by atoms with Crippen LogP contribution < -0.4 is 5.32 Å². The molecule has 0 amide bonds. The topological polar surface area (TPSA) is 37.8 Å². The third kappa shape index (κ3) is 2.51. The highest BCUT2D eigenvalue weighted by Crippen LogP contribution is 2.29. The molecule has 0 unspecified atom stereocenters. The van der Waals surface area contributed by atoms with Gasteiger partial charge in [0.15, 0.2) is 0 Å². The van der Waals surface area contributed by atoms with Crippen LogP contribution in [-0.2, 0) is 12.8 Å². The average Bonchev–Trinajstić information content (AvgIpc) is 2.82. The van der Waals surface area contributed by atoms with E-state index in [1.54, 1.807) is 0 Å². The van der Waals surface area contributed by atoms with Crippen molar-refractivity contribution in [2.75, 3.05) is 5.32 Å². The summed E-state index contributed by atoms with van der Waals surface area (Å²) in [7, 11) is 0. The molecule has 0 fully saturated rings. The second kappa shape index (κ2) is 4.94. The zero-order valence-corrected chi connectivity index (χ0v) is 11.4. The average molecular weight is 298 g/mol. The molecule has 0 atom stereocenters. The Labute approximate surface area is 119 Å². The Bertz CT molecular complexity index is 646. The van der Waals surface area contributed by atoms with Crippen molar-refractivity contribution >= 4 is 34.8 Å². The summed E-state index contributed by atoms with van der Waals surface area (Å²) < 4.78 is 13.6. The standard InChI is InChI=1S/C13H10Cl2FN3/c14-7-4-5-9(16)11(6-7)18-13-17-10-3-1-2-8(10)12(15)19-13/h4-6H,1-3H2,(H,17,18,19). The fourth-order valence-electron chi connectivity index (χ4n) is 2.16. The first kappa shape index (κ1) is 12.6. The van der Waals surface area contributed by atoms with Crippen LogP contribution in [0.2, 0.25) is 10.2 Å². The highest BCUT2D eigenvalue weighted by atomic mass is 35.5. The Kier molecular flexibility index (Phi) is 3.29. The van der Waals surface area contributed by atoms with Crippen LogP contribution in [0, 0.1) is 5.82 Å². The molecule has 1 heterocycles. The van der Waals surface area contributed by atoms with E-state index in [9.17, 15) is 4.39 Å². The predicted molar refractivity (Wildman–Crippen MR) is 73.8 cm³/mol. The summed E-state index contributed by atoms with van der Waals surface area (Å²) in [6.45, 7) is 0. The minimum absolute atomic E-state index is 0.238. The monoisotopic (exact) mass is 297 g/mol. The summed E-state index contributed by atoms with van der Waals surface area (Å²) in [5.41, 5.74) is 2.17. The van der Waals surface area contributed by atoms with E-state index in [0.717, 1.165) is 30.5 Å². The van der Waals surface area contributed by atoms with E-state index in [-0.39, 0.29) is 5.69 Å². The van der Waals surface area contributed by atoms with E-state index in [4.69, 9.17) is 23.2 Å². The molecule has 0 bridgehead atoms. The molecule has 19 heavy (non-hydrogen) atoms. The van der Waals surface area contributed by atoms with Crippen molar-refractivity contribution in [3.05, 3.63) is 45.4 Å². The normalized spacial score (nSPS) is 13.4.